The Bertz CT molecular complexity index is 486. The van der Waals surface area contributed by atoms with E-state index in [9.17, 15) is 9.59 Å². The van der Waals surface area contributed by atoms with Crippen molar-refractivity contribution in [2.45, 2.75) is 6.42 Å². The second-order valence-corrected chi connectivity index (χ2v) is 5.71. The molecule has 1 saturated heterocycles. The first-order valence-electron chi connectivity index (χ1n) is 6.43. The van der Waals surface area contributed by atoms with E-state index >= 15 is 0 Å². The number of rotatable bonds is 4. The van der Waals surface area contributed by atoms with E-state index in [0.717, 1.165) is 17.4 Å². The van der Waals surface area contributed by atoms with Crippen molar-refractivity contribution in [2.24, 2.45) is 5.92 Å². The highest BCUT2D eigenvalue weighted by atomic mass is 79.9. The lowest BCUT2D eigenvalue weighted by molar-refractivity contribution is -0.136. The lowest BCUT2D eigenvalue weighted by Crippen LogP contribution is -2.39. The smallest absolute Gasteiger partial charge is 0.245 e. The first-order chi connectivity index (χ1) is 9.56. The van der Waals surface area contributed by atoms with Crippen molar-refractivity contribution in [2.75, 3.05) is 32.0 Å². The van der Waals surface area contributed by atoms with Crippen molar-refractivity contribution in [1.29, 1.82) is 0 Å². The van der Waals surface area contributed by atoms with Gasteiger partial charge in [-0.15, -0.1) is 0 Å². The Hall–Kier alpha value is -1.47. The topological polar surface area (TPSA) is 74.3 Å². The molecule has 1 aromatic heterocycles. The lowest BCUT2D eigenvalue weighted by atomic mass is 10.1. The SMILES string of the molecule is CN(CC(=O)Nc1ccc(Br)cn1)C(=O)C1CCNC1. The first kappa shape index (κ1) is 14.9. The minimum atomic E-state index is -0.248. The maximum absolute atomic E-state index is 12.1. The van der Waals surface area contributed by atoms with Crippen LogP contribution in [0.1, 0.15) is 6.42 Å². The lowest BCUT2D eigenvalue weighted by Gasteiger charge is -2.19. The number of hydrogen-bond acceptors (Lipinski definition) is 4. The number of aromatic nitrogens is 1. The van der Waals surface area contributed by atoms with E-state index in [1.807, 2.05) is 0 Å². The molecule has 0 bridgehead atoms. The van der Waals surface area contributed by atoms with Gasteiger partial charge in [0.1, 0.15) is 5.82 Å². The summed E-state index contributed by atoms with van der Waals surface area (Å²) in [5.41, 5.74) is 0. The molecule has 0 saturated carbocycles. The summed E-state index contributed by atoms with van der Waals surface area (Å²) in [6.07, 6.45) is 2.44. The summed E-state index contributed by atoms with van der Waals surface area (Å²) in [5.74, 6) is 0.218. The summed E-state index contributed by atoms with van der Waals surface area (Å²) in [6.45, 7) is 1.59. The van der Waals surface area contributed by atoms with Gasteiger partial charge in [0, 0.05) is 24.3 Å². The minimum Gasteiger partial charge on any atom is -0.336 e. The fraction of sp³-hybridized carbons (Fsp3) is 0.462. The number of pyridine rings is 1. The van der Waals surface area contributed by atoms with Gasteiger partial charge >= 0.3 is 0 Å². The quantitative estimate of drug-likeness (QED) is 0.852. The predicted octanol–water partition coefficient (Wildman–Crippen LogP) is 0.850. The molecule has 2 rings (SSSR count). The molecule has 7 heteroatoms. The first-order valence-corrected chi connectivity index (χ1v) is 7.22. The molecule has 20 heavy (non-hydrogen) atoms. The standard InChI is InChI=1S/C13H17BrN4O2/c1-18(13(20)9-4-5-15-6-9)8-12(19)17-11-3-2-10(14)7-16-11/h2-3,7,9,15H,4-6,8H2,1H3,(H,16,17,19). The molecule has 1 aromatic rings. The van der Waals surface area contributed by atoms with Gasteiger partial charge in [0.25, 0.3) is 0 Å². The monoisotopic (exact) mass is 340 g/mol. The zero-order chi connectivity index (χ0) is 14.5. The summed E-state index contributed by atoms with van der Waals surface area (Å²) in [5, 5.41) is 5.81. The number of nitrogens with one attached hydrogen (secondary N) is 2. The molecule has 1 unspecified atom stereocenters. The molecule has 2 amide bonds. The van der Waals surface area contributed by atoms with Crippen molar-refractivity contribution in [3.63, 3.8) is 0 Å². The summed E-state index contributed by atoms with van der Waals surface area (Å²) >= 11 is 3.27. The largest absolute Gasteiger partial charge is 0.336 e. The van der Waals surface area contributed by atoms with E-state index < -0.39 is 0 Å². The van der Waals surface area contributed by atoms with Gasteiger partial charge in [-0.1, -0.05) is 0 Å². The Balaban J connectivity index is 1.84. The van der Waals surface area contributed by atoms with Crippen LogP contribution < -0.4 is 10.6 Å². The van der Waals surface area contributed by atoms with Crippen LogP contribution in [0.5, 0.6) is 0 Å². The molecule has 0 aromatic carbocycles. The van der Waals surface area contributed by atoms with Gasteiger partial charge in [-0.3, -0.25) is 9.59 Å². The van der Waals surface area contributed by atoms with Gasteiger partial charge in [-0.2, -0.15) is 0 Å². The number of hydrogen-bond donors (Lipinski definition) is 2. The number of carbonyl (C=O) groups is 2. The molecule has 2 N–H and O–H groups in total. The molecule has 108 valence electrons. The van der Waals surface area contributed by atoms with Crippen molar-refractivity contribution in [3.8, 4) is 0 Å². The molecular formula is C13H17BrN4O2. The van der Waals surface area contributed by atoms with Gasteiger partial charge in [-0.25, -0.2) is 4.98 Å². The van der Waals surface area contributed by atoms with Crippen LogP contribution in [0.15, 0.2) is 22.8 Å². The van der Waals surface area contributed by atoms with Crippen molar-refractivity contribution in [1.82, 2.24) is 15.2 Å². The summed E-state index contributed by atoms with van der Waals surface area (Å²) in [7, 11) is 1.65. The third-order valence-electron chi connectivity index (χ3n) is 3.16. The van der Waals surface area contributed by atoms with Crippen molar-refractivity contribution >= 4 is 33.6 Å². The third kappa shape index (κ3) is 4.01. The van der Waals surface area contributed by atoms with E-state index in [0.29, 0.717) is 12.4 Å². The fourth-order valence-electron chi connectivity index (χ4n) is 2.10. The number of anilines is 1. The van der Waals surface area contributed by atoms with Crippen LogP contribution in [0.4, 0.5) is 5.82 Å². The van der Waals surface area contributed by atoms with Crippen LogP contribution in [0.25, 0.3) is 0 Å². The fourth-order valence-corrected chi connectivity index (χ4v) is 2.34. The Morgan fingerprint density at radius 1 is 1.55 bits per heavy atom. The van der Waals surface area contributed by atoms with Gasteiger partial charge in [0.05, 0.1) is 12.5 Å². The maximum atomic E-state index is 12.1. The average Bonchev–Trinajstić information content (AvgIpc) is 2.94. The molecule has 1 fully saturated rings. The maximum Gasteiger partial charge on any atom is 0.245 e. The Labute approximate surface area is 126 Å². The zero-order valence-electron chi connectivity index (χ0n) is 11.2. The summed E-state index contributed by atoms with van der Waals surface area (Å²) in [6, 6.07) is 3.49. The highest BCUT2D eigenvalue weighted by molar-refractivity contribution is 9.10. The van der Waals surface area contributed by atoms with Crippen molar-refractivity contribution in [3.05, 3.63) is 22.8 Å². The van der Waals surface area contributed by atoms with E-state index in [1.165, 1.54) is 4.90 Å². The highest BCUT2D eigenvalue weighted by Crippen LogP contribution is 2.12. The Morgan fingerprint density at radius 3 is 2.95 bits per heavy atom. The Morgan fingerprint density at radius 2 is 2.35 bits per heavy atom. The zero-order valence-corrected chi connectivity index (χ0v) is 12.8. The molecule has 0 spiro atoms. The third-order valence-corrected chi connectivity index (χ3v) is 3.63. The van der Waals surface area contributed by atoms with E-state index in [2.05, 4.69) is 31.5 Å². The molecule has 0 radical (unpaired) electrons. The summed E-state index contributed by atoms with van der Waals surface area (Å²) < 4.78 is 0.844. The van der Waals surface area contributed by atoms with E-state index in [-0.39, 0.29) is 24.3 Å². The van der Waals surface area contributed by atoms with Crippen LogP contribution >= 0.6 is 15.9 Å². The average molecular weight is 341 g/mol. The molecule has 2 heterocycles. The number of nitrogens with zero attached hydrogens (tertiary/aromatic N) is 2. The van der Waals surface area contributed by atoms with Crippen molar-refractivity contribution < 1.29 is 9.59 Å². The second kappa shape index (κ2) is 6.81. The summed E-state index contributed by atoms with van der Waals surface area (Å²) in [4.78, 5) is 29.4. The number of likely N-dealkylation sites (N-methyl/N-ethyl adjacent to an activating group) is 1. The van der Waals surface area contributed by atoms with Gasteiger partial charge in [-0.05, 0) is 41.0 Å². The normalized spacial score (nSPS) is 17.8. The van der Waals surface area contributed by atoms with Crippen LogP contribution in [0, 0.1) is 5.92 Å². The predicted molar refractivity (Wildman–Crippen MR) is 79.2 cm³/mol. The molecule has 6 nitrogen and oxygen atoms in total. The molecule has 1 atom stereocenters. The van der Waals surface area contributed by atoms with Crippen LogP contribution in [0.3, 0.4) is 0 Å². The van der Waals surface area contributed by atoms with E-state index in [4.69, 9.17) is 0 Å². The van der Waals surface area contributed by atoms with Crippen LogP contribution in [-0.4, -0.2) is 48.4 Å². The Kier molecular flexibility index (Phi) is 5.08. The molecule has 1 aliphatic heterocycles. The second-order valence-electron chi connectivity index (χ2n) is 4.79. The van der Waals surface area contributed by atoms with Gasteiger partial charge in [0.15, 0.2) is 0 Å². The molecular weight excluding hydrogens is 324 g/mol. The number of amides is 2. The van der Waals surface area contributed by atoms with Gasteiger partial charge in [0.2, 0.25) is 11.8 Å². The van der Waals surface area contributed by atoms with Crippen LogP contribution in [-0.2, 0) is 9.59 Å². The van der Waals surface area contributed by atoms with Crippen LogP contribution in [0.2, 0.25) is 0 Å². The van der Waals surface area contributed by atoms with Gasteiger partial charge < -0.3 is 15.5 Å². The highest BCUT2D eigenvalue weighted by Gasteiger charge is 2.26. The number of halogens is 1. The van der Waals surface area contributed by atoms with E-state index in [1.54, 1.807) is 25.4 Å². The minimum absolute atomic E-state index is 0.00825. The molecule has 1 aliphatic rings. The molecule has 0 aliphatic carbocycles. The number of carbonyl (C=O) groups excluding carboxylic acids is 2.